The van der Waals surface area contributed by atoms with Crippen LogP contribution in [-0.4, -0.2) is 83.8 Å². The molecule has 0 saturated carbocycles. The van der Waals surface area contributed by atoms with Crippen molar-refractivity contribution in [3.05, 3.63) is 60.0 Å². The average Bonchev–Trinajstić information content (AvgIpc) is 3.48. The minimum absolute atomic E-state index is 0.194. The minimum Gasteiger partial charge on any atom is -0.473 e. The van der Waals surface area contributed by atoms with Gasteiger partial charge in [-0.05, 0) is 42.8 Å². The van der Waals surface area contributed by atoms with Gasteiger partial charge in [-0.15, -0.1) is 0 Å². The highest BCUT2D eigenvalue weighted by molar-refractivity contribution is 6.27. The fourth-order valence-electron chi connectivity index (χ4n) is 5.03. The molecule has 5 N–H and O–H groups in total. The summed E-state index contributed by atoms with van der Waals surface area (Å²) in [7, 11) is 0. The molecular formula is C26H30FN5O5. The van der Waals surface area contributed by atoms with Crippen molar-refractivity contribution < 1.29 is 29.0 Å². The number of hydrogen-bond acceptors (Lipinski definition) is 6. The number of H-pyrrole nitrogens is 1. The number of aromatic amines is 1. The van der Waals surface area contributed by atoms with Crippen molar-refractivity contribution in [2.45, 2.75) is 12.3 Å². The van der Waals surface area contributed by atoms with E-state index in [9.17, 15) is 9.18 Å². The van der Waals surface area contributed by atoms with E-state index in [1.807, 2.05) is 12.1 Å². The second-order valence-electron chi connectivity index (χ2n) is 9.20. The molecule has 1 amide bonds. The summed E-state index contributed by atoms with van der Waals surface area (Å²) < 4.78 is 14.3. The predicted octanol–water partition coefficient (Wildman–Crippen LogP) is 2.06. The van der Waals surface area contributed by atoms with E-state index in [0.717, 1.165) is 62.5 Å². The zero-order valence-electron chi connectivity index (χ0n) is 20.3. The second kappa shape index (κ2) is 11.3. The summed E-state index contributed by atoms with van der Waals surface area (Å²) in [6.07, 6.45) is 2.83. The summed E-state index contributed by atoms with van der Waals surface area (Å²) >= 11 is 0. The van der Waals surface area contributed by atoms with Gasteiger partial charge in [-0.1, -0.05) is 18.2 Å². The first kappa shape index (κ1) is 26.0. The normalized spacial score (nSPS) is 17.3. The number of nitrogens with two attached hydrogens (primary N) is 1. The van der Waals surface area contributed by atoms with Gasteiger partial charge in [0.05, 0.1) is 12.1 Å². The number of primary amides is 1. The second-order valence-corrected chi connectivity index (χ2v) is 9.20. The fourth-order valence-corrected chi connectivity index (χ4v) is 5.03. The number of aromatic nitrogens is 1. The van der Waals surface area contributed by atoms with E-state index in [4.69, 9.17) is 25.5 Å². The third-order valence-corrected chi connectivity index (χ3v) is 6.81. The van der Waals surface area contributed by atoms with Crippen LogP contribution in [0.15, 0.2) is 48.7 Å². The topological polar surface area (TPSA) is 143 Å². The Kier molecular flexibility index (Phi) is 7.92. The van der Waals surface area contributed by atoms with Crippen molar-refractivity contribution in [1.29, 1.82) is 0 Å². The highest BCUT2D eigenvalue weighted by Gasteiger charge is 2.29. The van der Waals surface area contributed by atoms with Crippen LogP contribution in [0.4, 0.5) is 15.8 Å². The Bertz CT molecular complexity index is 1280. The van der Waals surface area contributed by atoms with Gasteiger partial charge in [0.2, 0.25) is 5.91 Å². The van der Waals surface area contributed by atoms with Gasteiger partial charge < -0.3 is 30.7 Å². The first-order valence-electron chi connectivity index (χ1n) is 12.0. The Balaban J connectivity index is 0.000000480. The number of nitrogens with one attached hydrogen (secondary N) is 1. The maximum Gasteiger partial charge on any atom is 0.414 e. The molecule has 37 heavy (non-hydrogen) atoms. The van der Waals surface area contributed by atoms with Gasteiger partial charge >= 0.3 is 11.9 Å². The lowest BCUT2D eigenvalue weighted by Crippen LogP contribution is -2.47. The quantitative estimate of drug-likeness (QED) is 0.368. The number of carboxylic acids is 2. The van der Waals surface area contributed by atoms with E-state index in [1.165, 1.54) is 5.56 Å². The minimum atomic E-state index is -1.82. The standard InChI is InChI=1S/C24H28FN5O.C2H2O4/c25-21-14-19(13-17-5-7-27-24(17)21)29-11-9-28(10-12-29)8-6-18-15-30(16-23(26)31)22-4-2-1-3-20(18)22;3-1(4)2(5)6/h1-5,7,13-14,18,27H,6,8-12,15-16H2,(H2,26,31);(H,3,4)(H,5,6)/t18-;/m1./s1. The molecule has 3 aromatic rings. The summed E-state index contributed by atoms with van der Waals surface area (Å²) in [4.78, 5) is 39.5. The van der Waals surface area contributed by atoms with Gasteiger partial charge in [0.1, 0.15) is 5.82 Å². The molecule has 1 saturated heterocycles. The molecule has 196 valence electrons. The molecule has 2 aliphatic heterocycles. The molecule has 11 heteroatoms. The number of piperazine rings is 1. The van der Waals surface area contributed by atoms with Crippen LogP contribution in [0.25, 0.3) is 10.9 Å². The van der Waals surface area contributed by atoms with Gasteiger partial charge in [0, 0.05) is 61.6 Å². The number of amides is 1. The van der Waals surface area contributed by atoms with E-state index < -0.39 is 11.9 Å². The van der Waals surface area contributed by atoms with Crippen molar-refractivity contribution in [1.82, 2.24) is 9.88 Å². The number of rotatable bonds is 6. The Labute approximate surface area is 213 Å². The number of halogens is 1. The zero-order chi connectivity index (χ0) is 26.5. The van der Waals surface area contributed by atoms with Crippen molar-refractivity contribution in [2.24, 2.45) is 5.73 Å². The molecular weight excluding hydrogens is 481 g/mol. The molecule has 0 radical (unpaired) electrons. The van der Waals surface area contributed by atoms with Gasteiger partial charge in [0.25, 0.3) is 0 Å². The van der Waals surface area contributed by atoms with Gasteiger partial charge in [-0.3, -0.25) is 9.69 Å². The Morgan fingerprint density at radius 1 is 1.03 bits per heavy atom. The number of carbonyl (C=O) groups excluding carboxylic acids is 1. The number of nitrogens with zero attached hydrogens (tertiary/aromatic N) is 3. The molecule has 3 heterocycles. The average molecular weight is 512 g/mol. The highest BCUT2D eigenvalue weighted by Crippen LogP contribution is 2.37. The number of aliphatic carboxylic acids is 2. The van der Waals surface area contributed by atoms with E-state index in [-0.39, 0.29) is 18.3 Å². The van der Waals surface area contributed by atoms with Crippen LogP contribution >= 0.6 is 0 Å². The highest BCUT2D eigenvalue weighted by atomic mass is 19.1. The predicted molar refractivity (Wildman–Crippen MR) is 137 cm³/mol. The number of fused-ring (bicyclic) bond motifs is 2. The van der Waals surface area contributed by atoms with E-state index in [2.05, 4.69) is 43.9 Å². The molecule has 1 aromatic heterocycles. The number of carbonyl (C=O) groups is 3. The SMILES string of the molecule is NC(=O)CN1C[C@@H](CCN2CCN(c3cc(F)c4[nH]ccc4c3)CC2)c2ccccc21.O=C(O)C(=O)O. The smallest absolute Gasteiger partial charge is 0.414 e. The van der Waals surface area contributed by atoms with Crippen molar-refractivity contribution >= 4 is 40.1 Å². The molecule has 1 fully saturated rings. The largest absolute Gasteiger partial charge is 0.473 e. The maximum absolute atomic E-state index is 14.3. The lowest BCUT2D eigenvalue weighted by atomic mass is 9.97. The van der Waals surface area contributed by atoms with Crippen LogP contribution in [0.1, 0.15) is 17.9 Å². The Morgan fingerprint density at radius 3 is 2.41 bits per heavy atom. The molecule has 10 nitrogen and oxygen atoms in total. The molecule has 1 atom stereocenters. The molecule has 2 aromatic carbocycles. The molecule has 0 unspecified atom stereocenters. The molecule has 2 aliphatic rings. The lowest BCUT2D eigenvalue weighted by Gasteiger charge is -2.36. The zero-order valence-corrected chi connectivity index (χ0v) is 20.3. The third kappa shape index (κ3) is 6.18. The monoisotopic (exact) mass is 511 g/mol. The lowest BCUT2D eigenvalue weighted by molar-refractivity contribution is -0.159. The van der Waals surface area contributed by atoms with E-state index in [1.54, 1.807) is 12.3 Å². The van der Waals surface area contributed by atoms with Crippen molar-refractivity contribution in [2.75, 3.05) is 55.6 Å². The first-order chi connectivity index (χ1) is 17.7. The summed E-state index contributed by atoms with van der Waals surface area (Å²) in [5.41, 5.74) is 9.42. The summed E-state index contributed by atoms with van der Waals surface area (Å²) in [5, 5.41) is 15.7. The van der Waals surface area contributed by atoms with Crippen molar-refractivity contribution in [3.8, 4) is 0 Å². The van der Waals surface area contributed by atoms with Gasteiger partial charge in [0.15, 0.2) is 0 Å². The number of carboxylic acid groups (broad SMARTS) is 2. The Morgan fingerprint density at radius 2 is 1.73 bits per heavy atom. The maximum atomic E-state index is 14.3. The number of para-hydroxylation sites is 1. The molecule has 0 aliphatic carbocycles. The number of anilines is 2. The summed E-state index contributed by atoms with van der Waals surface area (Å²) in [6, 6.07) is 14.0. The van der Waals surface area contributed by atoms with Crippen LogP contribution in [0.2, 0.25) is 0 Å². The van der Waals surface area contributed by atoms with Crippen LogP contribution in [0.3, 0.4) is 0 Å². The number of hydrogen-bond donors (Lipinski definition) is 4. The summed E-state index contributed by atoms with van der Waals surface area (Å²) in [6.45, 7) is 5.85. The van der Waals surface area contributed by atoms with Crippen LogP contribution < -0.4 is 15.5 Å². The van der Waals surface area contributed by atoms with Crippen LogP contribution in [0.5, 0.6) is 0 Å². The van der Waals surface area contributed by atoms with Crippen LogP contribution in [-0.2, 0) is 14.4 Å². The molecule has 0 spiro atoms. The first-order valence-corrected chi connectivity index (χ1v) is 12.0. The van der Waals surface area contributed by atoms with E-state index in [0.29, 0.717) is 11.4 Å². The third-order valence-electron chi connectivity index (χ3n) is 6.81. The van der Waals surface area contributed by atoms with Gasteiger partial charge in [-0.25, -0.2) is 14.0 Å². The summed E-state index contributed by atoms with van der Waals surface area (Å²) in [5.74, 6) is -3.72. The van der Waals surface area contributed by atoms with E-state index >= 15 is 0 Å². The number of benzene rings is 2. The van der Waals surface area contributed by atoms with Crippen LogP contribution in [0, 0.1) is 5.82 Å². The Hall–Kier alpha value is -4.12. The molecule has 5 rings (SSSR count). The van der Waals surface area contributed by atoms with Gasteiger partial charge in [-0.2, -0.15) is 0 Å². The van der Waals surface area contributed by atoms with Crippen molar-refractivity contribution in [3.63, 3.8) is 0 Å². The fraction of sp³-hybridized carbons (Fsp3) is 0.346. The molecule has 0 bridgehead atoms.